The molecule has 1 atom stereocenters. The van der Waals surface area contributed by atoms with Crippen LogP contribution < -0.4 is 15.4 Å². The first-order valence-electron chi connectivity index (χ1n) is 10.8. The maximum atomic E-state index is 13.3. The Balaban J connectivity index is 2.03. The van der Waals surface area contributed by atoms with Gasteiger partial charge in [0, 0.05) is 5.56 Å². The van der Waals surface area contributed by atoms with E-state index in [-0.39, 0.29) is 28.9 Å². The average Bonchev–Trinajstić information content (AvgIpc) is 3.27. The Kier molecular flexibility index (Phi) is 9.38. The fourth-order valence-corrected chi connectivity index (χ4v) is 3.61. The Morgan fingerprint density at radius 3 is 2.52 bits per heavy atom. The van der Waals surface area contributed by atoms with E-state index in [4.69, 9.17) is 27.9 Å². The third-order valence-corrected chi connectivity index (χ3v) is 5.67. The number of anilines is 1. The van der Waals surface area contributed by atoms with Crippen molar-refractivity contribution in [3.63, 3.8) is 0 Å². The van der Waals surface area contributed by atoms with E-state index >= 15 is 0 Å². The lowest BCUT2D eigenvalue weighted by atomic mass is 10.0. The van der Waals surface area contributed by atoms with Crippen molar-refractivity contribution in [2.24, 2.45) is 10.1 Å². The van der Waals surface area contributed by atoms with Gasteiger partial charge < -0.3 is 20.1 Å². The van der Waals surface area contributed by atoms with Crippen LogP contribution in [0.4, 0.5) is 36.8 Å². The van der Waals surface area contributed by atoms with Crippen LogP contribution in [0.15, 0.2) is 59.1 Å². The Morgan fingerprint density at radius 1 is 1.20 bits per heavy atom. The summed E-state index contributed by atoms with van der Waals surface area (Å²) in [6.45, 7) is 2.99. The van der Waals surface area contributed by atoms with Crippen LogP contribution in [0.3, 0.4) is 0 Å². The van der Waals surface area contributed by atoms with Crippen LogP contribution >= 0.6 is 23.2 Å². The molecule has 0 saturated carbocycles. The third kappa shape index (κ3) is 7.93. The van der Waals surface area contributed by atoms with Gasteiger partial charge in [0.2, 0.25) is 12.2 Å². The van der Waals surface area contributed by atoms with Gasteiger partial charge in [0.15, 0.2) is 5.75 Å². The molecule has 0 saturated heterocycles. The first-order valence-corrected chi connectivity index (χ1v) is 11.5. The number of hydrogen-bond acceptors (Lipinski definition) is 6. The van der Waals surface area contributed by atoms with Crippen LogP contribution in [0.25, 0.3) is 0 Å². The molecule has 1 aliphatic heterocycles. The highest BCUT2D eigenvalue weighted by atomic mass is 35.5. The number of nitriles is 1. The summed E-state index contributed by atoms with van der Waals surface area (Å²) in [5.41, 5.74) is -1.68. The third-order valence-electron chi connectivity index (χ3n) is 4.93. The quantitative estimate of drug-likeness (QED) is 0.134. The fraction of sp³-hybridized carbons (Fsp3) is 0.217. The molecule has 1 unspecified atom stereocenters. The van der Waals surface area contributed by atoms with Gasteiger partial charge in [-0.05, 0) is 30.3 Å². The van der Waals surface area contributed by atoms with Gasteiger partial charge >= 0.3 is 18.6 Å². The number of hydrazone groups is 1. The number of halogens is 8. The van der Waals surface area contributed by atoms with Crippen molar-refractivity contribution in [3.05, 3.63) is 70.2 Å². The summed E-state index contributed by atoms with van der Waals surface area (Å²) in [6, 6.07) is 4.55. The molecule has 1 aliphatic rings. The van der Waals surface area contributed by atoms with E-state index < -0.39 is 47.6 Å². The normalized spacial score (nSPS) is 15.7. The number of alkyl carbamates (subject to hydrolysis) is 1. The second-order valence-corrected chi connectivity index (χ2v) is 8.51. The molecule has 0 spiro atoms. The summed E-state index contributed by atoms with van der Waals surface area (Å²) >= 11 is 12.1. The monoisotopic (exact) mass is 608 g/mol. The summed E-state index contributed by atoms with van der Waals surface area (Å²) in [4.78, 5) is 15.7. The number of hydrogen-bond donors (Lipinski definition) is 2. The molecule has 2 aromatic carbocycles. The zero-order valence-corrected chi connectivity index (χ0v) is 21.3. The zero-order chi connectivity index (χ0) is 29.7. The number of nitrogens with zero attached hydrogens (tertiary/aromatic N) is 4. The minimum absolute atomic E-state index is 0.121. The SMILES string of the molecule is C=CCOC(=O)NC1CN(/C(=N\C#N)Nc2cc(C(F)(F)F)ccc2OC(F)(F)F)N=C1c1ccc(Cl)c(Cl)c1. The number of amides is 1. The van der Waals surface area contributed by atoms with Crippen molar-refractivity contribution >= 4 is 46.7 Å². The van der Waals surface area contributed by atoms with Gasteiger partial charge in [-0.25, -0.2) is 9.80 Å². The number of benzene rings is 2. The molecule has 0 aliphatic carbocycles. The highest BCUT2D eigenvalue weighted by molar-refractivity contribution is 6.42. The molecule has 2 aromatic rings. The maximum absolute atomic E-state index is 13.3. The molecule has 3 rings (SSSR count). The predicted molar refractivity (Wildman–Crippen MR) is 133 cm³/mol. The van der Waals surface area contributed by atoms with Gasteiger partial charge in [0.1, 0.15) is 6.61 Å². The maximum Gasteiger partial charge on any atom is 0.573 e. The van der Waals surface area contributed by atoms with Crippen LogP contribution in [0, 0.1) is 11.5 Å². The summed E-state index contributed by atoms with van der Waals surface area (Å²) in [7, 11) is 0. The van der Waals surface area contributed by atoms with Crippen LogP contribution in [0.2, 0.25) is 10.0 Å². The summed E-state index contributed by atoms with van der Waals surface area (Å²) in [6.07, 6.45) is -8.36. The predicted octanol–water partition coefficient (Wildman–Crippen LogP) is 6.16. The van der Waals surface area contributed by atoms with Gasteiger partial charge in [-0.1, -0.05) is 41.9 Å². The number of carbonyl (C=O) groups excluding carboxylic acids is 1. The Hall–Kier alpha value is -4.16. The lowest BCUT2D eigenvalue weighted by Crippen LogP contribution is -2.44. The topological polar surface area (TPSA) is 111 Å². The van der Waals surface area contributed by atoms with Crippen LogP contribution in [-0.4, -0.2) is 48.3 Å². The van der Waals surface area contributed by atoms with E-state index in [9.17, 15) is 36.4 Å². The molecule has 40 heavy (non-hydrogen) atoms. The number of ether oxygens (including phenoxy) is 2. The largest absolute Gasteiger partial charge is 0.573 e. The van der Waals surface area contributed by atoms with E-state index in [1.54, 1.807) is 0 Å². The molecule has 9 nitrogen and oxygen atoms in total. The lowest BCUT2D eigenvalue weighted by Gasteiger charge is -2.21. The molecule has 0 aromatic heterocycles. The molecular formula is C23H16Cl2F6N6O3. The molecule has 0 bridgehead atoms. The van der Waals surface area contributed by atoms with Crippen molar-refractivity contribution in [2.75, 3.05) is 18.5 Å². The van der Waals surface area contributed by atoms with Gasteiger partial charge in [-0.2, -0.15) is 23.5 Å². The molecule has 0 fully saturated rings. The van der Waals surface area contributed by atoms with E-state index in [1.807, 2.05) is 0 Å². The van der Waals surface area contributed by atoms with Crippen molar-refractivity contribution in [2.45, 2.75) is 18.6 Å². The minimum Gasteiger partial charge on any atom is -0.445 e. The molecule has 17 heteroatoms. The van der Waals surface area contributed by atoms with Crippen molar-refractivity contribution < 1.29 is 40.6 Å². The minimum atomic E-state index is -5.25. The van der Waals surface area contributed by atoms with Gasteiger partial charge in [0.25, 0.3) is 0 Å². The van der Waals surface area contributed by atoms with E-state index in [1.165, 1.54) is 30.5 Å². The molecule has 1 amide bonds. The first kappa shape index (κ1) is 30.4. The number of alkyl halides is 6. The Morgan fingerprint density at radius 2 is 1.93 bits per heavy atom. The van der Waals surface area contributed by atoms with Crippen molar-refractivity contribution in [1.29, 1.82) is 5.26 Å². The van der Waals surface area contributed by atoms with Crippen molar-refractivity contribution in [3.8, 4) is 11.9 Å². The molecule has 1 heterocycles. The second-order valence-electron chi connectivity index (χ2n) is 7.70. The molecule has 0 radical (unpaired) electrons. The highest BCUT2D eigenvalue weighted by Crippen LogP contribution is 2.37. The summed E-state index contributed by atoms with van der Waals surface area (Å²) < 4.78 is 87.5. The van der Waals surface area contributed by atoms with Crippen LogP contribution in [-0.2, 0) is 10.9 Å². The van der Waals surface area contributed by atoms with E-state index in [0.29, 0.717) is 23.8 Å². The molecule has 2 N–H and O–H groups in total. The average molecular weight is 609 g/mol. The Bertz CT molecular complexity index is 1390. The molecule has 212 valence electrons. The smallest absolute Gasteiger partial charge is 0.445 e. The van der Waals surface area contributed by atoms with E-state index in [2.05, 4.69) is 32.0 Å². The fourth-order valence-electron chi connectivity index (χ4n) is 3.32. The number of aliphatic imine (C=N–C) groups is 1. The van der Waals surface area contributed by atoms with Crippen molar-refractivity contribution in [1.82, 2.24) is 10.3 Å². The van der Waals surface area contributed by atoms with Gasteiger partial charge in [-0.15, -0.1) is 18.2 Å². The number of rotatable bonds is 6. The number of carbonyl (C=O) groups is 1. The summed E-state index contributed by atoms with van der Waals surface area (Å²) in [5.74, 6) is -1.63. The number of guanidine groups is 1. The van der Waals surface area contributed by atoms with Crippen LogP contribution in [0.1, 0.15) is 11.1 Å². The standard InChI is InChI=1S/C23H16Cl2F6N6O3/c1-2-7-39-21(38)35-17-10-37(36-19(17)12-3-5-14(24)15(25)8-12)20(33-11-32)34-16-9-13(22(26,27)28)4-6-18(16)40-23(29,30)31/h2-6,8-9,17H,1,7,10H2,(H,33,34)(H,35,38). The van der Waals surface area contributed by atoms with Crippen LogP contribution in [0.5, 0.6) is 5.75 Å². The van der Waals surface area contributed by atoms with Gasteiger partial charge in [-0.3, -0.25) is 0 Å². The lowest BCUT2D eigenvalue weighted by molar-refractivity contribution is -0.274. The zero-order valence-electron chi connectivity index (χ0n) is 19.8. The number of nitrogens with one attached hydrogen (secondary N) is 2. The Labute approximate surface area is 232 Å². The second kappa shape index (κ2) is 12.3. The summed E-state index contributed by atoms with van der Waals surface area (Å²) in [5, 5.41) is 19.5. The molecular weight excluding hydrogens is 593 g/mol. The van der Waals surface area contributed by atoms with E-state index in [0.717, 1.165) is 5.01 Å². The first-order chi connectivity index (χ1) is 18.7. The highest BCUT2D eigenvalue weighted by Gasteiger charge is 2.37. The van der Waals surface area contributed by atoms with Gasteiger partial charge in [0.05, 0.1) is 39.6 Å².